The largest absolute Gasteiger partial charge is 0.481 e. The van der Waals surface area contributed by atoms with E-state index >= 15 is 0 Å². The molecule has 2 atom stereocenters. The molecule has 1 saturated carbocycles. The number of carboxylic acid groups (broad SMARTS) is 1. The van der Waals surface area contributed by atoms with Gasteiger partial charge in [0.1, 0.15) is 11.6 Å². The van der Waals surface area contributed by atoms with Gasteiger partial charge < -0.3 is 10.4 Å². The van der Waals surface area contributed by atoms with Crippen LogP contribution in [-0.4, -0.2) is 22.0 Å². The molecular formula is C13H13N3O4. The fourth-order valence-electron chi connectivity index (χ4n) is 2.45. The topological polar surface area (TPSA) is 116 Å². The second kappa shape index (κ2) is 5.57. The highest BCUT2D eigenvalue weighted by Crippen LogP contribution is 2.29. The standard InChI is InChI=1S/C13H13N3O4/c14-7-9-6-11(3-4-12(9)16(19)20)15-10-2-1-8(5-10)13(17)18/h3-4,6,8,10,15H,1-2,5H2,(H,17,18). The molecular weight excluding hydrogens is 262 g/mol. The minimum absolute atomic E-state index is 0.00668. The highest BCUT2D eigenvalue weighted by molar-refractivity contribution is 5.70. The van der Waals surface area contributed by atoms with Crippen molar-refractivity contribution in [2.75, 3.05) is 5.32 Å². The third kappa shape index (κ3) is 2.85. The zero-order valence-electron chi connectivity index (χ0n) is 10.6. The first kappa shape index (κ1) is 13.8. The van der Waals surface area contributed by atoms with Gasteiger partial charge in [0.25, 0.3) is 5.69 Å². The van der Waals surface area contributed by atoms with E-state index in [1.165, 1.54) is 18.2 Å². The van der Waals surface area contributed by atoms with Crippen LogP contribution in [0.25, 0.3) is 0 Å². The van der Waals surface area contributed by atoms with Gasteiger partial charge in [-0.1, -0.05) is 0 Å². The van der Waals surface area contributed by atoms with E-state index < -0.39 is 10.9 Å². The maximum Gasteiger partial charge on any atom is 0.306 e. The van der Waals surface area contributed by atoms with Gasteiger partial charge in [0.05, 0.1) is 10.8 Å². The van der Waals surface area contributed by atoms with Gasteiger partial charge in [0.15, 0.2) is 0 Å². The molecule has 0 radical (unpaired) electrons. The number of benzene rings is 1. The number of nitriles is 1. The first-order valence-corrected chi connectivity index (χ1v) is 6.19. The molecule has 2 unspecified atom stereocenters. The average Bonchev–Trinajstić information content (AvgIpc) is 2.87. The molecule has 2 N–H and O–H groups in total. The summed E-state index contributed by atoms with van der Waals surface area (Å²) in [6.45, 7) is 0. The third-order valence-corrected chi connectivity index (χ3v) is 3.47. The van der Waals surface area contributed by atoms with Crippen molar-refractivity contribution in [1.82, 2.24) is 0 Å². The Labute approximate surface area is 115 Å². The molecule has 1 aliphatic rings. The normalized spacial score (nSPS) is 21.1. The number of aliphatic carboxylic acids is 1. The highest BCUT2D eigenvalue weighted by Gasteiger charge is 2.29. The predicted molar refractivity (Wildman–Crippen MR) is 70.2 cm³/mol. The number of carbonyl (C=O) groups is 1. The maximum atomic E-state index is 10.9. The van der Waals surface area contributed by atoms with Crippen LogP contribution in [0.1, 0.15) is 24.8 Å². The van der Waals surface area contributed by atoms with E-state index in [-0.39, 0.29) is 23.2 Å². The number of nitrogens with zero attached hydrogens (tertiary/aromatic N) is 2. The number of nitro groups is 1. The second-order valence-electron chi connectivity index (χ2n) is 4.79. The van der Waals surface area contributed by atoms with Gasteiger partial charge in [-0.25, -0.2) is 0 Å². The van der Waals surface area contributed by atoms with Gasteiger partial charge in [-0.3, -0.25) is 14.9 Å². The Hall–Kier alpha value is -2.62. The lowest BCUT2D eigenvalue weighted by Crippen LogP contribution is -2.17. The number of nitrogens with one attached hydrogen (secondary N) is 1. The molecule has 2 rings (SSSR count). The van der Waals surface area contributed by atoms with Gasteiger partial charge in [0, 0.05) is 17.8 Å². The van der Waals surface area contributed by atoms with Crippen molar-refractivity contribution >= 4 is 17.3 Å². The van der Waals surface area contributed by atoms with E-state index in [0.29, 0.717) is 18.5 Å². The van der Waals surface area contributed by atoms with Crippen LogP contribution >= 0.6 is 0 Å². The first-order chi connectivity index (χ1) is 9.51. The fourth-order valence-corrected chi connectivity index (χ4v) is 2.45. The lowest BCUT2D eigenvalue weighted by atomic mass is 10.1. The van der Waals surface area contributed by atoms with Gasteiger partial charge in [-0.15, -0.1) is 0 Å². The summed E-state index contributed by atoms with van der Waals surface area (Å²) in [6, 6.07) is 6.05. The summed E-state index contributed by atoms with van der Waals surface area (Å²) < 4.78 is 0. The Morgan fingerprint density at radius 2 is 2.25 bits per heavy atom. The minimum atomic E-state index is -0.796. The SMILES string of the molecule is N#Cc1cc(NC2CCC(C(=O)O)C2)ccc1[N+](=O)[O-]. The van der Waals surface area contributed by atoms with Crippen molar-refractivity contribution in [3.63, 3.8) is 0 Å². The van der Waals surface area contributed by atoms with Crippen molar-refractivity contribution < 1.29 is 14.8 Å². The molecule has 0 amide bonds. The molecule has 1 fully saturated rings. The Balaban J connectivity index is 2.10. The Morgan fingerprint density at radius 3 is 2.80 bits per heavy atom. The minimum Gasteiger partial charge on any atom is -0.481 e. The van der Waals surface area contributed by atoms with Crippen molar-refractivity contribution in [2.45, 2.75) is 25.3 Å². The number of carboxylic acids is 1. The van der Waals surface area contributed by atoms with Crippen LogP contribution in [0.3, 0.4) is 0 Å². The summed E-state index contributed by atoms with van der Waals surface area (Å²) in [6.07, 6.45) is 1.87. The van der Waals surface area contributed by atoms with E-state index in [1.807, 2.05) is 0 Å². The van der Waals surface area contributed by atoms with Crippen molar-refractivity contribution in [1.29, 1.82) is 5.26 Å². The third-order valence-electron chi connectivity index (χ3n) is 3.47. The maximum absolute atomic E-state index is 10.9. The monoisotopic (exact) mass is 275 g/mol. The van der Waals surface area contributed by atoms with Gasteiger partial charge >= 0.3 is 5.97 Å². The summed E-state index contributed by atoms with van der Waals surface area (Å²) in [5, 5.41) is 31.7. The van der Waals surface area contributed by atoms with Crippen LogP contribution < -0.4 is 5.32 Å². The van der Waals surface area contributed by atoms with Crippen LogP contribution in [0.15, 0.2) is 18.2 Å². The molecule has 7 heteroatoms. The van der Waals surface area contributed by atoms with Crippen molar-refractivity contribution in [3.05, 3.63) is 33.9 Å². The molecule has 0 aromatic heterocycles. The average molecular weight is 275 g/mol. The van der Waals surface area contributed by atoms with Crippen LogP contribution in [0.2, 0.25) is 0 Å². The van der Waals surface area contributed by atoms with E-state index in [9.17, 15) is 14.9 Å². The summed E-state index contributed by atoms with van der Waals surface area (Å²) in [5.74, 6) is -1.14. The van der Waals surface area contributed by atoms with Crippen LogP contribution in [0, 0.1) is 27.4 Å². The molecule has 1 aromatic rings. The quantitative estimate of drug-likeness (QED) is 0.642. The van der Waals surface area contributed by atoms with Crippen LogP contribution in [0.4, 0.5) is 11.4 Å². The number of anilines is 1. The molecule has 0 saturated heterocycles. The Morgan fingerprint density at radius 1 is 1.50 bits per heavy atom. The first-order valence-electron chi connectivity index (χ1n) is 6.19. The smallest absolute Gasteiger partial charge is 0.306 e. The fraction of sp³-hybridized carbons (Fsp3) is 0.385. The molecule has 0 aliphatic heterocycles. The van der Waals surface area contributed by atoms with E-state index in [4.69, 9.17) is 10.4 Å². The van der Waals surface area contributed by atoms with E-state index in [1.54, 1.807) is 6.07 Å². The molecule has 104 valence electrons. The van der Waals surface area contributed by atoms with E-state index in [0.717, 1.165) is 6.42 Å². The van der Waals surface area contributed by atoms with Crippen molar-refractivity contribution in [2.24, 2.45) is 5.92 Å². The summed E-state index contributed by atoms with van der Waals surface area (Å²) in [5.41, 5.74) is 0.365. The molecule has 1 aliphatic carbocycles. The summed E-state index contributed by atoms with van der Waals surface area (Å²) >= 11 is 0. The lowest BCUT2D eigenvalue weighted by molar-refractivity contribution is -0.385. The van der Waals surface area contributed by atoms with Gasteiger partial charge in [-0.2, -0.15) is 5.26 Å². The summed E-state index contributed by atoms with van der Waals surface area (Å²) in [4.78, 5) is 21.0. The zero-order valence-corrected chi connectivity index (χ0v) is 10.6. The zero-order chi connectivity index (χ0) is 14.7. The van der Waals surface area contributed by atoms with Gasteiger partial charge in [0.2, 0.25) is 0 Å². The number of nitro benzene ring substituents is 1. The number of hydrogen-bond acceptors (Lipinski definition) is 5. The Bertz CT molecular complexity index is 594. The van der Waals surface area contributed by atoms with Crippen LogP contribution in [-0.2, 0) is 4.79 Å². The van der Waals surface area contributed by atoms with Crippen LogP contribution in [0.5, 0.6) is 0 Å². The highest BCUT2D eigenvalue weighted by atomic mass is 16.6. The predicted octanol–water partition coefficient (Wildman–Crippen LogP) is 2.13. The molecule has 1 aromatic carbocycles. The second-order valence-corrected chi connectivity index (χ2v) is 4.79. The molecule has 0 heterocycles. The van der Waals surface area contributed by atoms with E-state index in [2.05, 4.69) is 5.32 Å². The summed E-state index contributed by atoms with van der Waals surface area (Å²) in [7, 11) is 0. The molecule has 0 spiro atoms. The Kier molecular flexibility index (Phi) is 3.84. The van der Waals surface area contributed by atoms with Gasteiger partial charge in [-0.05, 0) is 31.4 Å². The van der Waals surface area contributed by atoms with Crippen molar-refractivity contribution in [3.8, 4) is 6.07 Å². The number of rotatable bonds is 4. The molecule has 20 heavy (non-hydrogen) atoms. The number of hydrogen-bond donors (Lipinski definition) is 2. The molecule has 0 bridgehead atoms. The molecule has 7 nitrogen and oxygen atoms in total. The lowest BCUT2D eigenvalue weighted by Gasteiger charge is -2.14.